The van der Waals surface area contributed by atoms with E-state index in [9.17, 15) is 0 Å². The highest BCUT2D eigenvalue weighted by atomic mass is 16.3. The van der Waals surface area contributed by atoms with Crippen molar-refractivity contribution in [1.82, 2.24) is 5.32 Å². The van der Waals surface area contributed by atoms with Crippen LogP contribution in [-0.4, -0.2) is 24.3 Å². The first-order chi connectivity index (χ1) is 5.35. The summed E-state index contributed by atoms with van der Waals surface area (Å²) >= 11 is 0. The molecule has 0 saturated heterocycles. The molecule has 0 saturated carbocycles. The van der Waals surface area contributed by atoms with Gasteiger partial charge in [0, 0.05) is 12.6 Å². The molecule has 0 atom stereocenters. The second-order valence-electron chi connectivity index (χ2n) is 2.42. The van der Waals surface area contributed by atoms with Gasteiger partial charge in [-0.2, -0.15) is 0 Å². The number of nitrogens with one attached hydrogen (secondary N) is 1. The van der Waals surface area contributed by atoms with E-state index in [1.54, 1.807) is 0 Å². The smallest absolute Gasteiger partial charge is 0.0556 e. The number of aliphatic hydroxyl groups excluding tert-OH is 1. The fraction of sp³-hybridized carbons (Fsp3) is 0.556. The lowest BCUT2D eigenvalue weighted by Gasteiger charge is -2.13. The van der Waals surface area contributed by atoms with Crippen LogP contribution in [0.25, 0.3) is 0 Å². The second kappa shape index (κ2) is 7.51. The zero-order valence-electron chi connectivity index (χ0n) is 6.92. The third kappa shape index (κ3) is 5.83. The zero-order valence-corrected chi connectivity index (χ0v) is 6.92. The first-order valence-electron chi connectivity index (χ1n) is 3.91. The summed E-state index contributed by atoms with van der Waals surface area (Å²) in [6, 6.07) is 0.386. The second-order valence-corrected chi connectivity index (χ2v) is 2.42. The molecule has 0 unspecified atom stereocenters. The van der Waals surface area contributed by atoms with Crippen LogP contribution < -0.4 is 5.32 Å². The van der Waals surface area contributed by atoms with Crippen LogP contribution in [0.15, 0.2) is 25.3 Å². The summed E-state index contributed by atoms with van der Waals surface area (Å²) in [5, 5.41) is 11.7. The molecule has 0 rings (SSSR count). The van der Waals surface area contributed by atoms with Crippen molar-refractivity contribution in [3.05, 3.63) is 25.3 Å². The van der Waals surface area contributed by atoms with Crippen molar-refractivity contribution in [1.29, 1.82) is 0 Å². The van der Waals surface area contributed by atoms with E-state index in [1.807, 2.05) is 12.2 Å². The topological polar surface area (TPSA) is 32.3 Å². The predicted molar refractivity (Wildman–Crippen MR) is 48.5 cm³/mol. The Labute approximate surface area is 68.6 Å². The molecule has 0 aromatic heterocycles. The molecule has 0 bridgehead atoms. The predicted octanol–water partition coefficient (Wildman–Crippen LogP) is 1.09. The highest BCUT2D eigenvalue weighted by Crippen LogP contribution is 1.98. The molecule has 0 fully saturated rings. The zero-order chi connectivity index (χ0) is 8.53. The van der Waals surface area contributed by atoms with Gasteiger partial charge in [-0.15, -0.1) is 13.2 Å². The van der Waals surface area contributed by atoms with Gasteiger partial charge in [-0.3, -0.25) is 0 Å². The average molecular weight is 155 g/mol. The van der Waals surface area contributed by atoms with E-state index in [2.05, 4.69) is 18.5 Å². The molecule has 0 aliphatic heterocycles. The largest absolute Gasteiger partial charge is 0.395 e. The van der Waals surface area contributed by atoms with Gasteiger partial charge in [0.05, 0.1) is 6.61 Å². The van der Waals surface area contributed by atoms with Crippen molar-refractivity contribution in [2.24, 2.45) is 0 Å². The maximum atomic E-state index is 8.54. The minimum Gasteiger partial charge on any atom is -0.395 e. The van der Waals surface area contributed by atoms with E-state index >= 15 is 0 Å². The number of rotatable bonds is 7. The summed E-state index contributed by atoms with van der Waals surface area (Å²) in [5.74, 6) is 0. The molecule has 0 aliphatic rings. The van der Waals surface area contributed by atoms with Gasteiger partial charge >= 0.3 is 0 Å². The number of hydrogen-bond donors (Lipinski definition) is 2. The number of hydrogen-bond acceptors (Lipinski definition) is 2. The van der Waals surface area contributed by atoms with E-state index in [0.717, 1.165) is 12.8 Å². The van der Waals surface area contributed by atoms with E-state index in [-0.39, 0.29) is 6.61 Å². The van der Waals surface area contributed by atoms with Crippen molar-refractivity contribution >= 4 is 0 Å². The third-order valence-electron chi connectivity index (χ3n) is 1.45. The highest BCUT2D eigenvalue weighted by molar-refractivity contribution is 4.83. The Morgan fingerprint density at radius 2 is 1.82 bits per heavy atom. The Kier molecular flexibility index (Phi) is 7.10. The van der Waals surface area contributed by atoms with Gasteiger partial charge in [0.1, 0.15) is 0 Å². The Bertz CT molecular complexity index is 102. The molecule has 11 heavy (non-hydrogen) atoms. The van der Waals surface area contributed by atoms with Crippen molar-refractivity contribution in [3.63, 3.8) is 0 Å². The maximum absolute atomic E-state index is 8.54. The summed E-state index contributed by atoms with van der Waals surface area (Å²) in [5.41, 5.74) is 0. The molecule has 0 aromatic rings. The molecular formula is C9H17NO. The van der Waals surface area contributed by atoms with Gasteiger partial charge in [-0.05, 0) is 12.8 Å². The lowest BCUT2D eigenvalue weighted by atomic mass is 10.1. The summed E-state index contributed by atoms with van der Waals surface area (Å²) in [6.45, 7) is 8.14. The molecule has 0 amide bonds. The summed E-state index contributed by atoms with van der Waals surface area (Å²) in [7, 11) is 0. The molecule has 2 nitrogen and oxygen atoms in total. The Balaban J connectivity index is 3.49. The third-order valence-corrected chi connectivity index (χ3v) is 1.45. The minimum atomic E-state index is 0.185. The van der Waals surface area contributed by atoms with Gasteiger partial charge in [0.25, 0.3) is 0 Å². The molecule has 64 valence electrons. The Morgan fingerprint density at radius 1 is 1.27 bits per heavy atom. The molecule has 0 radical (unpaired) electrons. The molecule has 0 heterocycles. The van der Waals surface area contributed by atoms with Gasteiger partial charge in [-0.25, -0.2) is 0 Å². The number of aliphatic hydroxyl groups is 1. The van der Waals surface area contributed by atoms with Crippen LogP contribution in [-0.2, 0) is 0 Å². The summed E-state index contributed by atoms with van der Waals surface area (Å²) in [6.07, 6.45) is 5.59. The van der Waals surface area contributed by atoms with E-state index < -0.39 is 0 Å². The van der Waals surface area contributed by atoms with Crippen LogP contribution >= 0.6 is 0 Å². The lowest BCUT2D eigenvalue weighted by Crippen LogP contribution is -2.30. The summed E-state index contributed by atoms with van der Waals surface area (Å²) < 4.78 is 0. The van der Waals surface area contributed by atoms with Gasteiger partial charge < -0.3 is 10.4 Å². The molecular weight excluding hydrogens is 138 g/mol. The van der Waals surface area contributed by atoms with Gasteiger partial charge in [0.15, 0.2) is 0 Å². The van der Waals surface area contributed by atoms with E-state index in [1.165, 1.54) is 0 Å². The highest BCUT2D eigenvalue weighted by Gasteiger charge is 2.01. The normalized spacial score (nSPS) is 10.0. The van der Waals surface area contributed by atoms with Crippen LogP contribution in [0.3, 0.4) is 0 Å². The lowest BCUT2D eigenvalue weighted by molar-refractivity contribution is 0.284. The first kappa shape index (κ1) is 10.4. The fourth-order valence-electron chi connectivity index (χ4n) is 0.934. The van der Waals surface area contributed by atoms with Crippen LogP contribution in [0, 0.1) is 0 Å². The monoisotopic (exact) mass is 155 g/mol. The maximum Gasteiger partial charge on any atom is 0.0556 e. The van der Waals surface area contributed by atoms with E-state index in [0.29, 0.717) is 12.6 Å². The van der Waals surface area contributed by atoms with Crippen molar-refractivity contribution in [3.8, 4) is 0 Å². The molecule has 2 N–H and O–H groups in total. The standard InChI is InChI=1S/C9H17NO/c1-3-5-9(6-4-2)10-7-8-11/h3-4,9-11H,1-2,5-8H2. The first-order valence-corrected chi connectivity index (χ1v) is 3.91. The van der Waals surface area contributed by atoms with E-state index in [4.69, 9.17) is 5.11 Å². The Hall–Kier alpha value is -0.600. The van der Waals surface area contributed by atoms with Gasteiger partial charge in [0.2, 0.25) is 0 Å². The van der Waals surface area contributed by atoms with Crippen LogP contribution in [0.5, 0.6) is 0 Å². The van der Waals surface area contributed by atoms with Crippen LogP contribution in [0.1, 0.15) is 12.8 Å². The van der Waals surface area contributed by atoms with Crippen molar-refractivity contribution < 1.29 is 5.11 Å². The van der Waals surface area contributed by atoms with Crippen LogP contribution in [0.4, 0.5) is 0 Å². The Morgan fingerprint density at radius 3 is 2.18 bits per heavy atom. The quantitative estimate of drug-likeness (QED) is 0.539. The molecule has 2 heteroatoms. The van der Waals surface area contributed by atoms with Crippen molar-refractivity contribution in [2.75, 3.05) is 13.2 Å². The minimum absolute atomic E-state index is 0.185. The van der Waals surface area contributed by atoms with Crippen molar-refractivity contribution in [2.45, 2.75) is 18.9 Å². The molecule has 0 aromatic carbocycles. The fourth-order valence-corrected chi connectivity index (χ4v) is 0.934. The molecule has 0 spiro atoms. The average Bonchev–Trinajstić information content (AvgIpc) is 2.01. The molecule has 0 aliphatic carbocycles. The summed E-state index contributed by atoms with van der Waals surface area (Å²) in [4.78, 5) is 0. The SMILES string of the molecule is C=CCC(CC=C)NCCO. The van der Waals surface area contributed by atoms with Crippen LogP contribution in [0.2, 0.25) is 0 Å². The van der Waals surface area contributed by atoms with Gasteiger partial charge in [-0.1, -0.05) is 12.2 Å².